The van der Waals surface area contributed by atoms with Gasteiger partial charge < -0.3 is 20.8 Å². The van der Waals surface area contributed by atoms with Gasteiger partial charge in [0.1, 0.15) is 22.7 Å². The lowest BCUT2D eigenvalue weighted by atomic mass is 10.1. The van der Waals surface area contributed by atoms with E-state index in [1.807, 2.05) is 0 Å². The molecule has 3 heterocycles. The number of likely N-dealkylation sites (tertiary alicyclic amines) is 1. The van der Waals surface area contributed by atoms with Gasteiger partial charge in [-0.1, -0.05) is 12.5 Å². The van der Waals surface area contributed by atoms with Crippen LogP contribution in [0.4, 0.5) is 10.2 Å². The third-order valence-electron chi connectivity index (χ3n) is 5.93. The van der Waals surface area contributed by atoms with Gasteiger partial charge >= 0.3 is 0 Å². The van der Waals surface area contributed by atoms with E-state index in [0.717, 1.165) is 12.8 Å². The van der Waals surface area contributed by atoms with Gasteiger partial charge in [0.2, 0.25) is 5.91 Å². The maximum absolute atomic E-state index is 14.6. The Morgan fingerprint density at radius 3 is 2.76 bits per heavy atom. The van der Waals surface area contributed by atoms with Gasteiger partial charge in [-0.25, -0.2) is 14.1 Å². The minimum absolute atomic E-state index is 0.0325. The van der Waals surface area contributed by atoms with E-state index in [0.29, 0.717) is 42.4 Å². The molecule has 2 amide bonds. The molecule has 1 saturated carbocycles. The van der Waals surface area contributed by atoms with E-state index >= 15 is 0 Å². The molecule has 1 saturated heterocycles. The predicted octanol–water partition coefficient (Wildman–Crippen LogP) is 2.08. The van der Waals surface area contributed by atoms with E-state index in [1.165, 1.54) is 22.9 Å². The monoisotopic (exact) mass is 448 g/mol. The molecule has 1 aliphatic heterocycles. The number of halogens is 1. The van der Waals surface area contributed by atoms with E-state index in [9.17, 15) is 14.0 Å². The fourth-order valence-electron chi connectivity index (χ4n) is 4.02. The Balaban J connectivity index is 1.49. The molecule has 2 fully saturated rings. The van der Waals surface area contributed by atoms with Crippen molar-refractivity contribution >= 4 is 28.7 Å². The molecule has 2 aliphatic rings. The molecule has 1 aliphatic carbocycles. The average Bonchev–Trinajstić information content (AvgIpc) is 3.22. The van der Waals surface area contributed by atoms with Crippen LogP contribution < -0.4 is 11.5 Å². The quantitative estimate of drug-likeness (QED) is 0.464. The number of nitrogens with zero attached hydrogens (tertiary/aromatic N) is 4. The zero-order valence-corrected chi connectivity index (χ0v) is 17.7. The molecule has 10 heteroatoms. The lowest BCUT2D eigenvalue weighted by molar-refractivity contribution is -0.125. The summed E-state index contributed by atoms with van der Waals surface area (Å²) in [4.78, 5) is 30.0. The van der Waals surface area contributed by atoms with Crippen LogP contribution in [0.3, 0.4) is 0 Å². The first kappa shape index (κ1) is 20.8. The zero-order chi connectivity index (χ0) is 23.3. The summed E-state index contributed by atoms with van der Waals surface area (Å²) < 4.78 is 21.7. The van der Waals surface area contributed by atoms with Crippen molar-refractivity contribution in [2.75, 3.05) is 18.8 Å². The summed E-state index contributed by atoms with van der Waals surface area (Å²) in [5.41, 5.74) is 12.7. The van der Waals surface area contributed by atoms with E-state index < -0.39 is 11.7 Å². The van der Waals surface area contributed by atoms with Gasteiger partial charge in [0, 0.05) is 25.1 Å². The van der Waals surface area contributed by atoms with Gasteiger partial charge in [0.15, 0.2) is 17.2 Å². The minimum atomic E-state index is -0.790. The third-order valence-corrected chi connectivity index (χ3v) is 5.93. The molecular formula is C23H21FN6O3. The highest BCUT2D eigenvalue weighted by Crippen LogP contribution is 2.40. The Hall–Kier alpha value is -4.13. The number of benzene rings is 1. The normalized spacial score (nSPS) is 17.7. The Labute approximate surface area is 188 Å². The molecule has 33 heavy (non-hydrogen) atoms. The number of hydrogen-bond acceptors (Lipinski definition) is 6. The van der Waals surface area contributed by atoms with Crippen LogP contribution in [0.25, 0.3) is 11.1 Å². The number of nitrogen functional groups attached to an aromatic ring is 1. The highest BCUT2D eigenvalue weighted by molar-refractivity contribution is 5.99. The molecule has 5 rings (SSSR count). The van der Waals surface area contributed by atoms with E-state index in [-0.39, 0.29) is 34.6 Å². The van der Waals surface area contributed by atoms with Gasteiger partial charge in [0.25, 0.3) is 5.91 Å². The summed E-state index contributed by atoms with van der Waals surface area (Å²) in [5.74, 6) is 4.86. The second kappa shape index (κ2) is 7.78. The number of rotatable bonds is 4. The summed E-state index contributed by atoms with van der Waals surface area (Å²) >= 11 is 0. The molecule has 0 spiro atoms. The van der Waals surface area contributed by atoms with Gasteiger partial charge in [-0.2, -0.15) is 5.10 Å². The topological polar surface area (TPSA) is 133 Å². The molecule has 0 unspecified atom stereocenters. The minimum Gasteiger partial charge on any atom is -0.440 e. The second-order valence-corrected chi connectivity index (χ2v) is 8.22. The fraction of sp³-hybridized carbons (Fsp3) is 0.304. The van der Waals surface area contributed by atoms with Crippen molar-refractivity contribution in [2.24, 2.45) is 5.73 Å². The van der Waals surface area contributed by atoms with Crippen LogP contribution >= 0.6 is 0 Å². The molecule has 9 nitrogen and oxygen atoms in total. The molecule has 168 valence electrons. The van der Waals surface area contributed by atoms with Crippen LogP contribution in [0.2, 0.25) is 0 Å². The molecule has 3 aromatic rings. The average molecular weight is 448 g/mol. The number of primary amides is 1. The van der Waals surface area contributed by atoms with Crippen LogP contribution in [-0.4, -0.2) is 44.6 Å². The van der Waals surface area contributed by atoms with E-state index in [4.69, 9.17) is 15.9 Å². The first-order chi connectivity index (χ1) is 15.9. The number of nitrogens with two attached hydrogens (primary N) is 2. The maximum Gasteiger partial charge on any atom is 0.255 e. The zero-order valence-electron chi connectivity index (χ0n) is 17.7. The van der Waals surface area contributed by atoms with Crippen LogP contribution in [0.1, 0.15) is 58.7 Å². The van der Waals surface area contributed by atoms with Crippen molar-refractivity contribution < 1.29 is 18.4 Å². The Morgan fingerprint density at radius 1 is 1.27 bits per heavy atom. The van der Waals surface area contributed by atoms with E-state index in [1.54, 1.807) is 4.90 Å². The first-order valence-corrected chi connectivity index (χ1v) is 10.6. The molecule has 0 bridgehead atoms. The number of carbonyl (C=O) groups excluding carboxylic acids is 2. The molecule has 2 aromatic heterocycles. The van der Waals surface area contributed by atoms with Crippen LogP contribution in [0.5, 0.6) is 0 Å². The molecule has 4 N–H and O–H groups in total. The predicted molar refractivity (Wildman–Crippen MR) is 118 cm³/mol. The van der Waals surface area contributed by atoms with Gasteiger partial charge in [-0.15, -0.1) is 0 Å². The smallest absolute Gasteiger partial charge is 0.255 e. The molecule has 1 atom stereocenters. The Kier molecular flexibility index (Phi) is 4.89. The first-order valence-electron chi connectivity index (χ1n) is 10.6. The van der Waals surface area contributed by atoms with Crippen LogP contribution in [-0.2, 0) is 4.79 Å². The second-order valence-electron chi connectivity index (χ2n) is 8.22. The lowest BCUT2D eigenvalue weighted by Gasteiger charge is -2.15. The largest absolute Gasteiger partial charge is 0.440 e. The van der Waals surface area contributed by atoms with Gasteiger partial charge in [-0.05, 0) is 37.3 Å². The SMILES string of the molecule is C=CC(=O)N1CC[C@H](n2nc(C#Cc3cc4nc(C5CC5)oc4cc3F)c(C(N)=O)c2N)C1. The maximum atomic E-state index is 14.6. The van der Waals surface area contributed by atoms with Crippen molar-refractivity contribution in [2.45, 2.75) is 31.2 Å². The molecule has 0 radical (unpaired) electrons. The fourth-order valence-corrected chi connectivity index (χ4v) is 4.02. The number of anilines is 1. The van der Waals surface area contributed by atoms with Crippen molar-refractivity contribution in [1.82, 2.24) is 19.7 Å². The number of hydrogen-bond donors (Lipinski definition) is 2. The van der Waals surface area contributed by atoms with Gasteiger partial charge in [0.05, 0.1) is 11.6 Å². The summed E-state index contributed by atoms with van der Waals surface area (Å²) in [6.07, 6.45) is 3.87. The van der Waals surface area contributed by atoms with Gasteiger partial charge in [-0.3, -0.25) is 9.59 Å². The summed E-state index contributed by atoms with van der Waals surface area (Å²) in [6, 6.07) is 2.52. The molecular weight excluding hydrogens is 427 g/mol. The van der Waals surface area contributed by atoms with E-state index in [2.05, 4.69) is 28.5 Å². The number of aromatic nitrogens is 3. The standard InChI is InChI=1S/C23H21FN6O3/c1-2-19(31)29-8-7-14(11-29)30-21(25)20(22(26)32)16(28-30)6-5-13-9-17-18(10-15(13)24)33-23(27-17)12-3-4-12/h2,9-10,12,14H,1,3-4,7-8,11,25H2,(H2,26,32)/t14-/m0/s1. The number of amides is 2. The Bertz CT molecular complexity index is 1370. The third kappa shape index (κ3) is 3.71. The number of oxazole rings is 1. The van der Waals surface area contributed by atoms with Crippen LogP contribution in [0.15, 0.2) is 29.2 Å². The van der Waals surface area contributed by atoms with Crippen molar-refractivity contribution in [1.29, 1.82) is 0 Å². The summed E-state index contributed by atoms with van der Waals surface area (Å²) in [6.45, 7) is 4.37. The van der Waals surface area contributed by atoms with Crippen LogP contribution in [0, 0.1) is 17.7 Å². The summed E-state index contributed by atoms with van der Waals surface area (Å²) in [7, 11) is 0. The lowest BCUT2D eigenvalue weighted by Crippen LogP contribution is -2.27. The number of carbonyl (C=O) groups is 2. The Morgan fingerprint density at radius 2 is 2.06 bits per heavy atom. The number of fused-ring (bicyclic) bond motifs is 1. The van der Waals surface area contributed by atoms with Crippen molar-refractivity contribution in [3.63, 3.8) is 0 Å². The molecule has 1 aromatic carbocycles. The highest BCUT2D eigenvalue weighted by atomic mass is 19.1. The van der Waals surface area contributed by atoms with Crippen molar-refractivity contribution in [3.05, 3.63) is 53.3 Å². The van der Waals surface area contributed by atoms with Crippen molar-refractivity contribution in [3.8, 4) is 11.8 Å². The summed E-state index contributed by atoms with van der Waals surface area (Å²) in [5, 5.41) is 4.37. The highest BCUT2D eigenvalue weighted by Gasteiger charge is 2.31.